The van der Waals surface area contributed by atoms with Crippen LogP contribution < -0.4 is 5.32 Å². The number of carbonyl (C=O) groups excluding carboxylic acids is 1. The van der Waals surface area contributed by atoms with E-state index in [1.807, 2.05) is 21.1 Å². The van der Waals surface area contributed by atoms with Crippen molar-refractivity contribution in [3.63, 3.8) is 0 Å². The van der Waals surface area contributed by atoms with Gasteiger partial charge in [-0.2, -0.15) is 0 Å². The van der Waals surface area contributed by atoms with Gasteiger partial charge in [-0.15, -0.1) is 0 Å². The molecule has 3 unspecified atom stereocenters. The monoisotopic (exact) mass is 1100 g/mol. The van der Waals surface area contributed by atoms with Gasteiger partial charge in [0.05, 0.1) is 39.9 Å². The Hall–Kier alpha value is -2.58. The van der Waals surface area contributed by atoms with Crippen LogP contribution in [0.15, 0.2) is 97.2 Å². The van der Waals surface area contributed by atoms with Gasteiger partial charge in [0, 0.05) is 6.42 Å². The van der Waals surface area contributed by atoms with Gasteiger partial charge in [0.1, 0.15) is 13.2 Å². The van der Waals surface area contributed by atoms with Crippen molar-refractivity contribution in [2.24, 2.45) is 0 Å². The Labute approximate surface area is 477 Å². The number of allylic oxidation sites excluding steroid dienone is 16. The fraction of sp³-hybridized carbons (Fsp3) is 0.750. The van der Waals surface area contributed by atoms with Crippen molar-refractivity contribution in [1.29, 1.82) is 0 Å². The largest absolute Gasteiger partial charge is 0.472 e. The molecule has 446 valence electrons. The molecule has 9 heteroatoms. The number of phosphoric ester groups is 1. The Morgan fingerprint density at radius 1 is 0.455 bits per heavy atom. The third kappa shape index (κ3) is 60.9. The molecule has 0 aliphatic rings. The van der Waals surface area contributed by atoms with Crippen LogP contribution in [0, 0.1) is 0 Å². The van der Waals surface area contributed by atoms with Crippen LogP contribution in [0.4, 0.5) is 0 Å². The summed E-state index contributed by atoms with van der Waals surface area (Å²) in [5, 5.41) is 14.1. The molecule has 0 spiro atoms. The summed E-state index contributed by atoms with van der Waals surface area (Å²) in [6.07, 6.45) is 83.3. The Balaban J connectivity index is 4.07. The first kappa shape index (κ1) is 74.4. The van der Waals surface area contributed by atoms with Crippen LogP contribution in [0.25, 0.3) is 0 Å². The van der Waals surface area contributed by atoms with E-state index in [2.05, 4.69) is 116 Å². The average Bonchev–Trinajstić information content (AvgIpc) is 3.39. The van der Waals surface area contributed by atoms with Crippen LogP contribution >= 0.6 is 7.82 Å². The highest BCUT2D eigenvalue weighted by Crippen LogP contribution is 2.43. The second-order valence-electron chi connectivity index (χ2n) is 22.8. The first-order valence-corrected chi connectivity index (χ1v) is 33.6. The highest BCUT2D eigenvalue weighted by Gasteiger charge is 2.28. The number of likely N-dealkylation sites (N-methyl/N-ethyl adjacent to an activating group) is 1. The van der Waals surface area contributed by atoms with Crippen LogP contribution in [0.3, 0.4) is 0 Å². The molecule has 0 rings (SSSR count). The standard InChI is InChI=1S/C68H123N2O6P/c1-6-8-10-12-14-16-18-20-22-24-26-27-28-29-30-31-32-33-34-35-36-37-38-39-40-41-42-43-44-46-48-50-52-54-56-58-60-62-68(72)69-66(65-76-77(73,74)75-64-63-70(3,4)5)67(71)61-59-57-55-53-51-49-47-45-25-23-21-19-17-15-13-11-9-7-2/h8,10,14,16,20,22,26-27,29-30,32-33,35-36,38-39,66-67,71H,6-7,9,11-13,15,17-19,21,23-25,28,31,34,37,40-65H2,1-5H3,(H-,69,72,73,74)/p+1/b10-8-,16-14-,22-20-,27-26-,30-29-,33-32-,36-35-,39-38-. The maximum atomic E-state index is 13.0. The number of nitrogens with one attached hydrogen (secondary N) is 1. The van der Waals surface area contributed by atoms with Gasteiger partial charge < -0.3 is 19.8 Å². The maximum absolute atomic E-state index is 13.0. The lowest BCUT2D eigenvalue weighted by molar-refractivity contribution is -0.870. The Morgan fingerprint density at radius 3 is 1.14 bits per heavy atom. The fourth-order valence-electron chi connectivity index (χ4n) is 9.12. The van der Waals surface area contributed by atoms with Gasteiger partial charge in [0.25, 0.3) is 0 Å². The second-order valence-corrected chi connectivity index (χ2v) is 24.2. The fourth-order valence-corrected chi connectivity index (χ4v) is 9.86. The van der Waals surface area contributed by atoms with E-state index in [1.165, 1.54) is 161 Å². The van der Waals surface area contributed by atoms with Crippen molar-refractivity contribution in [1.82, 2.24) is 5.32 Å². The summed E-state index contributed by atoms with van der Waals surface area (Å²) in [5.41, 5.74) is 0. The van der Waals surface area contributed by atoms with Crippen molar-refractivity contribution < 1.29 is 32.9 Å². The van der Waals surface area contributed by atoms with Crippen LogP contribution in [0.5, 0.6) is 0 Å². The zero-order valence-electron chi connectivity index (χ0n) is 50.9. The lowest BCUT2D eigenvalue weighted by atomic mass is 10.0. The van der Waals surface area contributed by atoms with E-state index < -0.39 is 20.0 Å². The number of aliphatic hydroxyl groups is 1. The number of phosphoric acid groups is 1. The molecule has 0 aromatic carbocycles. The van der Waals surface area contributed by atoms with E-state index in [4.69, 9.17) is 9.05 Å². The van der Waals surface area contributed by atoms with Crippen LogP contribution in [0.1, 0.15) is 277 Å². The number of aliphatic hydroxyl groups excluding tert-OH is 1. The third-order valence-corrected chi connectivity index (χ3v) is 15.1. The van der Waals surface area contributed by atoms with Crippen molar-refractivity contribution in [2.75, 3.05) is 40.9 Å². The second kappa shape index (κ2) is 58.1. The number of carbonyl (C=O) groups is 1. The molecule has 0 radical (unpaired) electrons. The van der Waals surface area contributed by atoms with Gasteiger partial charge in [-0.3, -0.25) is 13.8 Å². The number of hydrogen-bond donors (Lipinski definition) is 3. The topological polar surface area (TPSA) is 105 Å². The van der Waals surface area contributed by atoms with E-state index in [0.29, 0.717) is 23.9 Å². The maximum Gasteiger partial charge on any atom is 0.472 e. The SMILES string of the molecule is CC/C=C\C/C=C\C/C=C\C/C=C\C/C=C\C/C=C\C/C=C\C/C=C\CCCCCCCCCCCCCCC(=O)NC(COP(=O)(O)OCC[N+](C)(C)C)C(O)CCCCCCCCCCCCCCCCCCCC. The Morgan fingerprint density at radius 2 is 0.779 bits per heavy atom. The lowest BCUT2D eigenvalue weighted by Crippen LogP contribution is -2.46. The number of hydrogen-bond acceptors (Lipinski definition) is 5. The smallest absolute Gasteiger partial charge is 0.391 e. The molecular formula is C68H124N2O6P+. The van der Waals surface area contributed by atoms with E-state index >= 15 is 0 Å². The number of amides is 1. The van der Waals surface area contributed by atoms with E-state index in [0.717, 1.165) is 89.9 Å². The predicted molar refractivity (Wildman–Crippen MR) is 336 cm³/mol. The van der Waals surface area contributed by atoms with Crippen LogP contribution in [0.2, 0.25) is 0 Å². The third-order valence-electron chi connectivity index (χ3n) is 14.1. The van der Waals surface area contributed by atoms with Crippen LogP contribution in [-0.2, 0) is 18.4 Å². The van der Waals surface area contributed by atoms with Crippen molar-refractivity contribution in [3.05, 3.63) is 97.2 Å². The molecule has 0 saturated heterocycles. The van der Waals surface area contributed by atoms with E-state index in [9.17, 15) is 19.4 Å². The molecule has 0 aliphatic heterocycles. The van der Waals surface area contributed by atoms with Gasteiger partial charge in [-0.1, -0.05) is 291 Å². The zero-order valence-corrected chi connectivity index (χ0v) is 51.8. The molecule has 77 heavy (non-hydrogen) atoms. The number of unbranched alkanes of at least 4 members (excludes halogenated alkanes) is 29. The molecule has 3 N–H and O–H groups in total. The highest BCUT2D eigenvalue weighted by molar-refractivity contribution is 7.47. The summed E-state index contributed by atoms with van der Waals surface area (Å²) in [5.74, 6) is -0.147. The quantitative estimate of drug-likeness (QED) is 0.0243. The Bertz CT molecular complexity index is 1570. The number of nitrogens with zero attached hydrogens (tertiary/aromatic N) is 1. The number of rotatable bonds is 58. The van der Waals surface area contributed by atoms with Gasteiger partial charge in [0.2, 0.25) is 5.91 Å². The first-order valence-electron chi connectivity index (χ1n) is 32.1. The summed E-state index contributed by atoms with van der Waals surface area (Å²) >= 11 is 0. The minimum atomic E-state index is -4.33. The highest BCUT2D eigenvalue weighted by atomic mass is 31.2. The molecule has 0 heterocycles. The molecule has 0 saturated carbocycles. The Kier molecular flexibility index (Phi) is 56.1. The lowest BCUT2D eigenvalue weighted by Gasteiger charge is -2.26. The molecule has 0 bridgehead atoms. The van der Waals surface area contributed by atoms with Gasteiger partial charge in [-0.05, 0) is 77.0 Å². The first-order chi connectivity index (χ1) is 37.5. The van der Waals surface area contributed by atoms with E-state index in [-0.39, 0.29) is 19.1 Å². The molecular weight excluding hydrogens is 972 g/mol. The minimum Gasteiger partial charge on any atom is -0.391 e. The molecule has 0 fully saturated rings. The molecule has 1 amide bonds. The molecule has 0 aromatic heterocycles. The van der Waals surface area contributed by atoms with Gasteiger partial charge in [-0.25, -0.2) is 4.57 Å². The summed E-state index contributed by atoms with van der Waals surface area (Å²) in [6, 6.07) is -0.767. The van der Waals surface area contributed by atoms with Crippen LogP contribution in [-0.4, -0.2) is 73.4 Å². The van der Waals surface area contributed by atoms with E-state index in [1.54, 1.807) is 0 Å². The molecule has 0 aliphatic carbocycles. The molecule has 3 atom stereocenters. The molecule has 0 aromatic rings. The van der Waals surface area contributed by atoms with Crippen molar-refractivity contribution in [2.45, 2.75) is 289 Å². The summed E-state index contributed by atoms with van der Waals surface area (Å²) in [4.78, 5) is 23.4. The average molecular weight is 1100 g/mol. The van der Waals surface area contributed by atoms with Crippen molar-refractivity contribution in [3.8, 4) is 0 Å². The predicted octanol–water partition coefficient (Wildman–Crippen LogP) is 20.2. The summed E-state index contributed by atoms with van der Waals surface area (Å²) in [6.45, 7) is 4.79. The summed E-state index contributed by atoms with van der Waals surface area (Å²) < 4.78 is 23.8. The molecule has 8 nitrogen and oxygen atoms in total. The summed E-state index contributed by atoms with van der Waals surface area (Å²) in [7, 11) is 1.61. The normalized spacial score (nSPS) is 14.4. The van der Waals surface area contributed by atoms with Gasteiger partial charge >= 0.3 is 7.82 Å². The van der Waals surface area contributed by atoms with Gasteiger partial charge in [0.15, 0.2) is 0 Å². The zero-order chi connectivity index (χ0) is 56.3. The number of quaternary nitrogens is 1. The van der Waals surface area contributed by atoms with Crippen molar-refractivity contribution >= 4 is 13.7 Å². The minimum absolute atomic E-state index is 0.0714.